The normalized spacial score (nSPS) is 12.4. The molecular weight excluding hydrogens is 590 g/mol. The van der Waals surface area contributed by atoms with Crippen LogP contribution in [0.15, 0.2) is 64.2 Å². The average Bonchev–Trinajstić information content (AvgIpc) is 3.51. The number of halogens is 1. The van der Waals surface area contributed by atoms with Gasteiger partial charge in [-0.1, -0.05) is 23.7 Å². The van der Waals surface area contributed by atoms with Gasteiger partial charge in [0.25, 0.3) is 11.1 Å². The lowest BCUT2D eigenvalue weighted by Crippen LogP contribution is -2.31. The molecule has 0 fully saturated rings. The van der Waals surface area contributed by atoms with E-state index in [1.807, 2.05) is 0 Å². The summed E-state index contributed by atoms with van der Waals surface area (Å²) in [7, 11) is 0. The van der Waals surface area contributed by atoms with E-state index in [0.717, 1.165) is 4.85 Å². The van der Waals surface area contributed by atoms with E-state index in [-0.39, 0.29) is 36.4 Å². The second kappa shape index (κ2) is 11.7. The van der Waals surface area contributed by atoms with E-state index in [1.54, 1.807) is 51.1 Å². The summed E-state index contributed by atoms with van der Waals surface area (Å²) in [6, 6.07) is 15.5. The molecule has 12 nitrogen and oxygen atoms in total. The summed E-state index contributed by atoms with van der Waals surface area (Å²) in [5, 5.41) is 15.0. The maximum Gasteiger partial charge on any atom is 0.535 e. The Morgan fingerprint density at radius 2 is 1.75 bits per heavy atom. The van der Waals surface area contributed by atoms with Gasteiger partial charge in [-0.05, 0) is 57.5 Å². The van der Waals surface area contributed by atoms with Gasteiger partial charge in [0, 0.05) is 57.2 Å². The van der Waals surface area contributed by atoms with E-state index < -0.39 is 28.8 Å². The minimum atomic E-state index is -1.01. The molecule has 2 aromatic heterocycles. The second-order valence-electron chi connectivity index (χ2n) is 11.0. The van der Waals surface area contributed by atoms with Crippen LogP contribution in [0.1, 0.15) is 48.8 Å². The van der Waals surface area contributed by atoms with Gasteiger partial charge in [0.05, 0.1) is 11.6 Å². The number of benzene rings is 2. The highest BCUT2D eigenvalue weighted by Gasteiger charge is 2.29. The van der Waals surface area contributed by atoms with Crippen molar-refractivity contribution < 1.29 is 24.0 Å². The number of Topliss-reactive ketones (excluding diaryl/α,β-unsaturated/α-hetero) is 1. The van der Waals surface area contributed by atoms with Gasteiger partial charge in [-0.25, -0.2) is 9.89 Å². The molecule has 4 aromatic rings. The zero-order valence-electron chi connectivity index (χ0n) is 23.9. The molecule has 1 aliphatic rings. The molecule has 0 aliphatic heterocycles. The Labute approximate surface area is 255 Å². The van der Waals surface area contributed by atoms with Crippen molar-refractivity contribution in [3.8, 4) is 28.5 Å². The van der Waals surface area contributed by atoms with E-state index in [1.165, 1.54) is 28.8 Å². The Hall–Kier alpha value is -5.41. The van der Waals surface area contributed by atoms with Gasteiger partial charge >= 0.3 is 6.16 Å². The Morgan fingerprint density at radius 1 is 1.02 bits per heavy atom. The quantitative estimate of drug-likeness (QED) is 0.302. The number of aromatic nitrogens is 3. The van der Waals surface area contributed by atoms with Crippen molar-refractivity contribution in [1.82, 2.24) is 14.5 Å². The molecule has 44 heavy (non-hydrogen) atoms. The Morgan fingerprint density at radius 3 is 2.43 bits per heavy atom. The lowest BCUT2D eigenvalue weighted by molar-refractivity contribution is -0.116. The number of pyridine rings is 1. The van der Waals surface area contributed by atoms with Crippen LogP contribution in [0.3, 0.4) is 0 Å². The van der Waals surface area contributed by atoms with Gasteiger partial charge in [0.1, 0.15) is 17.8 Å². The molecule has 224 valence electrons. The minimum Gasteiger partial charge on any atom is -0.427 e. The number of hydrogen-bond acceptors (Lipinski definition) is 8. The Kier molecular flexibility index (Phi) is 7.99. The van der Waals surface area contributed by atoms with Gasteiger partial charge in [-0.15, -0.1) is 4.85 Å². The number of H-pyrrole nitrogens is 1. The molecule has 2 N–H and O–H groups in total. The van der Waals surface area contributed by atoms with Gasteiger partial charge in [-0.3, -0.25) is 24.0 Å². The molecule has 0 bridgehead atoms. The Balaban J connectivity index is 1.36. The molecule has 5 rings (SSSR count). The number of hydrogen-bond donors (Lipinski definition) is 2. The third-order valence-corrected chi connectivity index (χ3v) is 6.93. The zero-order chi connectivity index (χ0) is 31.8. The minimum absolute atomic E-state index is 0.166. The number of nitrogens with one attached hydrogen (secondary N) is 2. The topological polar surface area (TPSA) is 165 Å². The molecule has 1 amide bonds. The fourth-order valence-corrected chi connectivity index (χ4v) is 5.08. The first-order valence-corrected chi connectivity index (χ1v) is 13.8. The van der Waals surface area contributed by atoms with Crippen LogP contribution in [-0.2, 0) is 22.5 Å². The van der Waals surface area contributed by atoms with Crippen LogP contribution in [0, 0.1) is 11.3 Å². The summed E-state index contributed by atoms with van der Waals surface area (Å²) in [4.78, 5) is 69.2. The SMILES string of the molecule is CC(C)(C)OC(=O)On1[nH]c(=O)cc1-c1ccc(NC(=O)Cn2c3c(c(-c4cc(Cl)ccc4C#N)cc2=O)C(=O)CC3)cc1. The summed E-state index contributed by atoms with van der Waals surface area (Å²) in [5.41, 5.74) is 0.992. The van der Waals surface area contributed by atoms with Crippen LogP contribution in [0.4, 0.5) is 10.5 Å². The maximum atomic E-state index is 13.2. The first kappa shape index (κ1) is 30.1. The Bertz CT molecular complexity index is 1970. The summed E-state index contributed by atoms with van der Waals surface area (Å²) >= 11 is 6.15. The van der Waals surface area contributed by atoms with E-state index >= 15 is 0 Å². The van der Waals surface area contributed by atoms with Gasteiger partial charge in [0.15, 0.2) is 5.78 Å². The van der Waals surface area contributed by atoms with E-state index in [4.69, 9.17) is 21.2 Å². The first-order valence-electron chi connectivity index (χ1n) is 13.5. The standard InChI is InChI=1S/C31H26ClN5O7/c1-31(2,3)43-30(42)44-37-24(14-26(39)35-37)17-5-8-20(9-6-17)34-27(40)16-36-23-10-11-25(38)29(23)22(13-28(36)41)21-12-19(32)7-4-18(21)15-33/h4-9,12-14H,10-11,16H2,1-3H3,(H,34,40)(H,35,39). The highest BCUT2D eigenvalue weighted by molar-refractivity contribution is 6.31. The summed E-state index contributed by atoms with van der Waals surface area (Å²) < 4.78 is 6.39. The largest absolute Gasteiger partial charge is 0.535 e. The number of ether oxygens (including phenoxy) is 1. The number of fused-ring (bicyclic) bond motifs is 1. The lowest BCUT2D eigenvalue weighted by Gasteiger charge is -2.18. The molecular formula is C31H26ClN5O7. The number of nitrogens with zero attached hydrogens (tertiary/aromatic N) is 3. The number of carbonyl (C=O) groups is 3. The summed E-state index contributed by atoms with van der Waals surface area (Å²) in [6.07, 6.45) is -0.575. The third-order valence-electron chi connectivity index (χ3n) is 6.70. The molecule has 0 saturated heterocycles. The van der Waals surface area contributed by atoms with Gasteiger partial charge in [0.2, 0.25) is 5.91 Å². The second-order valence-corrected chi connectivity index (χ2v) is 11.4. The van der Waals surface area contributed by atoms with Crippen molar-refractivity contribution in [1.29, 1.82) is 5.26 Å². The molecule has 2 aromatic carbocycles. The fourth-order valence-electron chi connectivity index (χ4n) is 4.91. The number of carbonyl (C=O) groups excluding carboxylic acids is 3. The maximum absolute atomic E-state index is 13.2. The van der Waals surface area contributed by atoms with Gasteiger partial charge < -0.3 is 14.6 Å². The average molecular weight is 616 g/mol. The number of aromatic amines is 1. The number of ketones is 1. The first-order chi connectivity index (χ1) is 20.8. The molecule has 0 spiro atoms. The lowest BCUT2D eigenvalue weighted by atomic mass is 9.95. The molecule has 0 atom stereocenters. The highest BCUT2D eigenvalue weighted by atomic mass is 35.5. The van der Waals surface area contributed by atoms with E-state index in [0.29, 0.717) is 38.7 Å². The van der Waals surface area contributed by atoms with Crippen molar-refractivity contribution in [2.75, 3.05) is 5.32 Å². The van der Waals surface area contributed by atoms with E-state index in [9.17, 15) is 29.2 Å². The highest BCUT2D eigenvalue weighted by Crippen LogP contribution is 2.34. The fraction of sp³-hybridized carbons (Fsp3) is 0.226. The predicted octanol–water partition coefficient (Wildman–Crippen LogP) is 4.33. The van der Waals surface area contributed by atoms with Crippen molar-refractivity contribution in [3.05, 3.63) is 97.1 Å². The van der Waals surface area contributed by atoms with Crippen LogP contribution in [0.5, 0.6) is 0 Å². The number of anilines is 1. The number of amides is 1. The van der Waals surface area contributed by atoms with Crippen LogP contribution < -0.4 is 21.3 Å². The smallest absolute Gasteiger partial charge is 0.427 e. The van der Waals surface area contributed by atoms with Crippen molar-refractivity contribution in [3.63, 3.8) is 0 Å². The molecule has 1 aliphatic carbocycles. The third kappa shape index (κ3) is 6.33. The summed E-state index contributed by atoms with van der Waals surface area (Å²) in [5.74, 6) is -0.705. The predicted molar refractivity (Wildman–Crippen MR) is 160 cm³/mol. The molecule has 0 unspecified atom stereocenters. The van der Waals surface area contributed by atoms with Gasteiger partial charge in [-0.2, -0.15) is 5.26 Å². The van der Waals surface area contributed by atoms with Crippen molar-refractivity contribution >= 4 is 35.1 Å². The van der Waals surface area contributed by atoms with Crippen molar-refractivity contribution in [2.45, 2.75) is 45.8 Å². The molecule has 2 heterocycles. The van der Waals surface area contributed by atoms with Crippen LogP contribution in [-0.4, -0.2) is 38.0 Å². The van der Waals surface area contributed by atoms with Crippen LogP contribution in [0.2, 0.25) is 5.02 Å². The molecule has 13 heteroatoms. The summed E-state index contributed by atoms with van der Waals surface area (Å²) in [6.45, 7) is 4.67. The number of nitriles is 1. The van der Waals surface area contributed by atoms with Crippen LogP contribution >= 0.6 is 11.6 Å². The number of rotatable bonds is 6. The monoisotopic (exact) mass is 615 g/mol. The zero-order valence-corrected chi connectivity index (χ0v) is 24.7. The molecule has 0 saturated carbocycles. The van der Waals surface area contributed by atoms with Crippen molar-refractivity contribution in [2.24, 2.45) is 0 Å². The van der Waals surface area contributed by atoms with E-state index in [2.05, 4.69) is 16.5 Å². The molecule has 0 radical (unpaired) electrons. The van der Waals surface area contributed by atoms with Crippen LogP contribution in [0.25, 0.3) is 22.4 Å².